The molecule has 1 heterocycles. The minimum absolute atomic E-state index is 0.429. The monoisotopic (exact) mass is 368 g/mol. The van der Waals surface area contributed by atoms with Crippen molar-refractivity contribution in [2.45, 2.75) is 45.6 Å². The Morgan fingerprint density at radius 1 is 0.704 bits per heavy atom. The number of hydrogen-bond donors (Lipinski definition) is 2. The number of benzene rings is 2. The highest BCUT2D eigenvalue weighted by molar-refractivity contribution is 5.29. The number of aliphatic hydroxyl groups is 2. The predicted octanol–water partition coefficient (Wildman–Crippen LogP) is 3.50. The highest BCUT2D eigenvalue weighted by Gasteiger charge is 2.18. The molecule has 0 amide bonds. The van der Waals surface area contributed by atoms with Gasteiger partial charge in [-0.25, -0.2) is 0 Å². The van der Waals surface area contributed by atoms with E-state index < -0.39 is 12.2 Å². The maximum atomic E-state index is 10.0. The molecule has 1 aliphatic rings. The average molecular weight is 369 g/mol. The summed E-state index contributed by atoms with van der Waals surface area (Å²) in [4.78, 5) is 4.98. The summed E-state index contributed by atoms with van der Waals surface area (Å²) in [6, 6.07) is 16.4. The van der Waals surface area contributed by atoms with Gasteiger partial charge in [0.2, 0.25) is 0 Å². The largest absolute Gasteiger partial charge is 0.389 e. The highest BCUT2D eigenvalue weighted by Crippen LogP contribution is 2.22. The van der Waals surface area contributed by atoms with Crippen molar-refractivity contribution in [1.82, 2.24) is 9.80 Å². The first-order chi connectivity index (χ1) is 13.0. The molecule has 0 saturated carbocycles. The highest BCUT2D eigenvalue weighted by atomic mass is 16.3. The summed E-state index contributed by atoms with van der Waals surface area (Å²) >= 11 is 0. The van der Waals surface area contributed by atoms with Crippen molar-refractivity contribution in [1.29, 1.82) is 0 Å². The van der Waals surface area contributed by atoms with E-state index in [2.05, 4.69) is 34.1 Å². The van der Waals surface area contributed by atoms with Gasteiger partial charge in [0.05, 0.1) is 12.2 Å². The van der Waals surface area contributed by atoms with Crippen LogP contribution < -0.4 is 0 Å². The molecule has 0 aliphatic carbocycles. The molecule has 0 bridgehead atoms. The van der Waals surface area contributed by atoms with E-state index in [1.165, 1.54) is 11.1 Å². The van der Waals surface area contributed by atoms with Crippen LogP contribution in [-0.2, 0) is 13.1 Å². The van der Waals surface area contributed by atoms with Gasteiger partial charge in [0.25, 0.3) is 0 Å². The van der Waals surface area contributed by atoms with E-state index in [4.69, 9.17) is 0 Å². The lowest BCUT2D eigenvalue weighted by atomic mass is 10.0. The van der Waals surface area contributed by atoms with Crippen LogP contribution in [-0.4, -0.2) is 46.2 Å². The molecule has 0 spiro atoms. The standard InChI is InChI=1S/C23H32N2O2/c1-18(26)22-10-5-3-8-20(22)16-24-12-7-13-25(15-14-24)17-21-9-4-6-11-23(21)19(2)27/h3-6,8-11,18-19,26-27H,7,12-17H2,1-2H3. The van der Waals surface area contributed by atoms with Crippen molar-refractivity contribution < 1.29 is 10.2 Å². The van der Waals surface area contributed by atoms with E-state index in [0.717, 1.165) is 56.8 Å². The Balaban J connectivity index is 1.62. The van der Waals surface area contributed by atoms with Gasteiger partial charge >= 0.3 is 0 Å². The molecule has 2 aromatic carbocycles. The Bertz CT molecular complexity index is 668. The topological polar surface area (TPSA) is 46.9 Å². The molecule has 27 heavy (non-hydrogen) atoms. The second-order valence-electron chi connectivity index (χ2n) is 7.66. The third-order valence-electron chi connectivity index (χ3n) is 5.48. The Kier molecular flexibility index (Phi) is 7.02. The molecule has 0 aromatic heterocycles. The molecule has 146 valence electrons. The van der Waals surface area contributed by atoms with Gasteiger partial charge in [-0.05, 0) is 55.6 Å². The van der Waals surface area contributed by atoms with E-state index in [1.807, 2.05) is 38.1 Å². The van der Waals surface area contributed by atoms with Crippen molar-refractivity contribution in [3.8, 4) is 0 Å². The first-order valence-electron chi connectivity index (χ1n) is 10.0. The SMILES string of the molecule is CC(O)c1ccccc1CN1CCCN(Cc2ccccc2C(C)O)CC1. The smallest absolute Gasteiger partial charge is 0.0765 e. The van der Waals surface area contributed by atoms with Gasteiger partial charge in [-0.1, -0.05) is 48.5 Å². The number of rotatable bonds is 6. The van der Waals surface area contributed by atoms with E-state index in [0.29, 0.717) is 0 Å². The van der Waals surface area contributed by atoms with Crippen LogP contribution >= 0.6 is 0 Å². The molecule has 3 rings (SSSR count). The van der Waals surface area contributed by atoms with Gasteiger partial charge < -0.3 is 10.2 Å². The first kappa shape index (κ1) is 20.0. The molecular weight excluding hydrogens is 336 g/mol. The lowest BCUT2D eigenvalue weighted by Gasteiger charge is -2.24. The average Bonchev–Trinajstić information content (AvgIpc) is 2.87. The fourth-order valence-electron chi connectivity index (χ4n) is 3.99. The fraction of sp³-hybridized carbons (Fsp3) is 0.478. The van der Waals surface area contributed by atoms with E-state index >= 15 is 0 Å². The molecule has 2 atom stereocenters. The molecule has 0 radical (unpaired) electrons. The lowest BCUT2D eigenvalue weighted by Crippen LogP contribution is -2.30. The van der Waals surface area contributed by atoms with Crippen LogP contribution in [0.1, 0.15) is 54.7 Å². The fourth-order valence-corrected chi connectivity index (χ4v) is 3.99. The van der Waals surface area contributed by atoms with Crippen LogP contribution in [0.2, 0.25) is 0 Å². The predicted molar refractivity (Wildman–Crippen MR) is 109 cm³/mol. The Morgan fingerprint density at radius 3 is 1.52 bits per heavy atom. The van der Waals surface area contributed by atoms with E-state index in [1.54, 1.807) is 0 Å². The molecule has 4 heteroatoms. The summed E-state index contributed by atoms with van der Waals surface area (Å²) in [6.45, 7) is 9.63. The van der Waals surface area contributed by atoms with E-state index in [9.17, 15) is 10.2 Å². The minimum atomic E-state index is -0.429. The van der Waals surface area contributed by atoms with Crippen molar-refractivity contribution in [2.75, 3.05) is 26.2 Å². The third kappa shape index (κ3) is 5.39. The second-order valence-corrected chi connectivity index (χ2v) is 7.66. The van der Waals surface area contributed by atoms with Gasteiger partial charge in [0.15, 0.2) is 0 Å². The van der Waals surface area contributed by atoms with Crippen LogP contribution in [0.4, 0.5) is 0 Å². The van der Waals surface area contributed by atoms with Crippen molar-refractivity contribution in [3.05, 3.63) is 70.8 Å². The molecule has 2 aromatic rings. The number of nitrogens with zero attached hydrogens (tertiary/aromatic N) is 2. The Morgan fingerprint density at radius 2 is 1.11 bits per heavy atom. The maximum absolute atomic E-state index is 10.0. The Labute approximate surface area is 163 Å². The normalized spacial score (nSPS) is 18.8. The molecular formula is C23H32N2O2. The van der Waals surface area contributed by atoms with Crippen LogP contribution in [0.25, 0.3) is 0 Å². The summed E-state index contributed by atoms with van der Waals surface area (Å²) in [6.07, 6.45) is 0.275. The third-order valence-corrected chi connectivity index (χ3v) is 5.48. The zero-order valence-corrected chi connectivity index (χ0v) is 16.5. The van der Waals surface area contributed by atoms with Gasteiger partial charge in [0.1, 0.15) is 0 Å². The Hall–Kier alpha value is -1.72. The van der Waals surface area contributed by atoms with Crippen LogP contribution in [0.15, 0.2) is 48.5 Å². The van der Waals surface area contributed by atoms with Gasteiger partial charge in [-0.2, -0.15) is 0 Å². The number of aliphatic hydroxyl groups excluding tert-OH is 2. The minimum Gasteiger partial charge on any atom is -0.389 e. The zero-order valence-electron chi connectivity index (χ0n) is 16.5. The molecule has 1 fully saturated rings. The molecule has 2 N–H and O–H groups in total. The van der Waals surface area contributed by atoms with Crippen LogP contribution in [0.3, 0.4) is 0 Å². The number of hydrogen-bond acceptors (Lipinski definition) is 4. The molecule has 2 unspecified atom stereocenters. The second kappa shape index (κ2) is 9.47. The summed E-state index contributed by atoms with van der Waals surface area (Å²) in [5, 5.41) is 20.0. The zero-order chi connectivity index (χ0) is 19.2. The van der Waals surface area contributed by atoms with Gasteiger partial charge in [0, 0.05) is 26.2 Å². The first-order valence-corrected chi connectivity index (χ1v) is 10.0. The summed E-state index contributed by atoms with van der Waals surface area (Å²) in [5.41, 5.74) is 4.51. The quantitative estimate of drug-likeness (QED) is 0.819. The van der Waals surface area contributed by atoms with Gasteiger partial charge in [-0.15, -0.1) is 0 Å². The maximum Gasteiger partial charge on any atom is 0.0765 e. The lowest BCUT2D eigenvalue weighted by molar-refractivity contribution is 0.192. The summed E-state index contributed by atoms with van der Waals surface area (Å²) in [5.74, 6) is 0. The molecule has 1 aliphatic heterocycles. The van der Waals surface area contributed by atoms with Crippen LogP contribution in [0.5, 0.6) is 0 Å². The summed E-state index contributed by atoms with van der Waals surface area (Å²) < 4.78 is 0. The van der Waals surface area contributed by atoms with E-state index in [-0.39, 0.29) is 0 Å². The van der Waals surface area contributed by atoms with Crippen molar-refractivity contribution in [3.63, 3.8) is 0 Å². The van der Waals surface area contributed by atoms with Crippen molar-refractivity contribution in [2.24, 2.45) is 0 Å². The van der Waals surface area contributed by atoms with Gasteiger partial charge in [-0.3, -0.25) is 9.80 Å². The summed E-state index contributed by atoms with van der Waals surface area (Å²) in [7, 11) is 0. The van der Waals surface area contributed by atoms with Crippen molar-refractivity contribution >= 4 is 0 Å². The molecule has 4 nitrogen and oxygen atoms in total. The molecule has 1 saturated heterocycles. The van der Waals surface area contributed by atoms with Crippen LogP contribution in [0, 0.1) is 0 Å².